The van der Waals surface area contributed by atoms with Gasteiger partial charge >= 0.3 is 0 Å². The molecule has 2 N–H and O–H groups in total. The van der Waals surface area contributed by atoms with Crippen LogP contribution >= 0.6 is 0 Å². The van der Waals surface area contributed by atoms with E-state index in [1.807, 2.05) is 0 Å². The van der Waals surface area contributed by atoms with Crippen LogP contribution in [0, 0.1) is 11.8 Å². The minimum atomic E-state index is -1.22. The molecule has 0 heterocycles. The Kier molecular flexibility index (Phi) is 2.30. The first-order valence-electron chi connectivity index (χ1n) is 7.30. The Morgan fingerprint density at radius 2 is 1.30 bits per heavy atom. The molecule has 2 saturated carbocycles. The smallest absolute Gasteiger partial charge is 0.156 e. The fourth-order valence-corrected chi connectivity index (χ4v) is 4.66. The lowest BCUT2D eigenvalue weighted by atomic mass is 9.57. The molecule has 0 aliphatic heterocycles. The Balaban J connectivity index is 1.72. The van der Waals surface area contributed by atoms with Crippen LogP contribution in [0.2, 0.25) is 0 Å². The summed E-state index contributed by atoms with van der Waals surface area (Å²) >= 11 is 0. The maximum absolute atomic E-state index is 11.6. The van der Waals surface area contributed by atoms with Crippen molar-refractivity contribution in [2.45, 2.75) is 49.7 Å². The van der Waals surface area contributed by atoms with E-state index in [-0.39, 0.29) is 23.4 Å². The molecule has 20 heavy (non-hydrogen) atoms. The molecule has 3 unspecified atom stereocenters. The molecule has 4 heteroatoms. The second kappa shape index (κ2) is 3.68. The minimum absolute atomic E-state index is 0.0791. The van der Waals surface area contributed by atoms with Gasteiger partial charge in [0.25, 0.3) is 0 Å². The van der Waals surface area contributed by atoms with Crippen molar-refractivity contribution in [3.63, 3.8) is 0 Å². The summed E-state index contributed by atoms with van der Waals surface area (Å²) in [5.74, 6) is 0.363. The first-order chi connectivity index (χ1) is 9.38. The van der Waals surface area contributed by atoms with Gasteiger partial charge < -0.3 is 10.2 Å². The number of carbonyl (C=O) groups excluding carboxylic acids is 2. The van der Waals surface area contributed by atoms with E-state index in [4.69, 9.17) is 0 Å². The van der Waals surface area contributed by atoms with Crippen molar-refractivity contribution in [2.75, 3.05) is 0 Å². The van der Waals surface area contributed by atoms with Crippen LogP contribution in [0.3, 0.4) is 0 Å². The molecule has 4 rings (SSSR count). The lowest BCUT2D eigenvalue weighted by Crippen LogP contribution is -2.61. The zero-order chi connectivity index (χ0) is 14.1. The van der Waals surface area contributed by atoms with Crippen LogP contribution in [-0.4, -0.2) is 33.0 Å². The average Bonchev–Trinajstić information content (AvgIpc) is 2.81. The normalized spacial score (nSPS) is 46.5. The Labute approximate surface area is 117 Å². The van der Waals surface area contributed by atoms with Gasteiger partial charge in [-0.25, -0.2) is 0 Å². The Morgan fingerprint density at radius 3 is 1.75 bits per heavy atom. The van der Waals surface area contributed by atoms with Crippen molar-refractivity contribution in [3.05, 3.63) is 23.3 Å². The summed E-state index contributed by atoms with van der Waals surface area (Å²) in [6.45, 7) is 0. The lowest BCUT2D eigenvalue weighted by Gasteiger charge is -2.54. The fourth-order valence-electron chi connectivity index (χ4n) is 4.66. The highest BCUT2D eigenvalue weighted by Gasteiger charge is 2.60. The molecule has 4 aliphatic carbocycles. The van der Waals surface area contributed by atoms with E-state index in [1.54, 1.807) is 12.2 Å². The SMILES string of the molecule is O=C1C=C2CC3(O)CC4=CC(=O)C[C@H]4CC3(O)CC2C1. The van der Waals surface area contributed by atoms with Crippen LogP contribution in [0.1, 0.15) is 38.5 Å². The number of carbonyl (C=O) groups is 2. The van der Waals surface area contributed by atoms with Gasteiger partial charge in [0.05, 0.1) is 5.60 Å². The Morgan fingerprint density at radius 1 is 0.850 bits per heavy atom. The summed E-state index contributed by atoms with van der Waals surface area (Å²) in [4.78, 5) is 23.1. The zero-order valence-corrected chi connectivity index (χ0v) is 11.3. The molecule has 0 aromatic rings. The molecular formula is C16H18O4. The number of hydrogen-bond donors (Lipinski definition) is 2. The predicted octanol–water partition coefficient (Wildman–Crippen LogP) is 1.07. The Bertz CT molecular complexity index is 539. The number of ketones is 2. The van der Waals surface area contributed by atoms with Gasteiger partial charge in [-0.15, -0.1) is 0 Å². The summed E-state index contributed by atoms with van der Waals surface area (Å²) < 4.78 is 0. The highest BCUT2D eigenvalue weighted by atomic mass is 16.4. The van der Waals surface area contributed by atoms with Crippen LogP contribution in [0.15, 0.2) is 23.3 Å². The summed E-state index contributed by atoms with van der Waals surface area (Å²) in [6.07, 6.45) is 5.80. The maximum atomic E-state index is 11.6. The summed E-state index contributed by atoms with van der Waals surface area (Å²) in [6, 6.07) is 0. The monoisotopic (exact) mass is 274 g/mol. The first kappa shape index (κ1) is 12.5. The molecule has 0 saturated heterocycles. The maximum Gasteiger partial charge on any atom is 0.156 e. The first-order valence-corrected chi connectivity index (χ1v) is 7.30. The second-order valence-corrected chi connectivity index (χ2v) is 7.00. The summed E-state index contributed by atoms with van der Waals surface area (Å²) in [5.41, 5.74) is -0.421. The van der Waals surface area contributed by atoms with Crippen molar-refractivity contribution in [1.29, 1.82) is 0 Å². The molecule has 0 aromatic heterocycles. The number of hydrogen-bond acceptors (Lipinski definition) is 4. The van der Waals surface area contributed by atoms with Gasteiger partial charge in [-0.3, -0.25) is 9.59 Å². The van der Waals surface area contributed by atoms with E-state index < -0.39 is 11.2 Å². The standard InChI is InChI=1S/C16H18O4/c17-13-1-9-5-15(19)7-11-3-14(18)4-12(11)8-16(15,20)6-10(9)2-13/h1,3,10,12,19-20H,2,4-8H2/t10-,12?,15?,16?/m0/s1. The molecule has 106 valence electrons. The van der Waals surface area contributed by atoms with E-state index in [1.165, 1.54) is 0 Å². The van der Waals surface area contributed by atoms with Gasteiger partial charge in [0.1, 0.15) is 5.60 Å². The molecule has 4 aliphatic rings. The van der Waals surface area contributed by atoms with Gasteiger partial charge in [0, 0.05) is 25.7 Å². The van der Waals surface area contributed by atoms with E-state index >= 15 is 0 Å². The van der Waals surface area contributed by atoms with Crippen molar-refractivity contribution < 1.29 is 19.8 Å². The van der Waals surface area contributed by atoms with E-state index in [0.717, 1.165) is 11.1 Å². The molecule has 0 radical (unpaired) electrons. The van der Waals surface area contributed by atoms with Crippen molar-refractivity contribution in [1.82, 2.24) is 0 Å². The molecule has 4 atom stereocenters. The van der Waals surface area contributed by atoms with Crippen LogP contribution in [0.5, 0.6) is 0 Å². The summed E-state index contributed by atoms with van der Waals surface area (Å²) in [5, 5.41) is 22.0. The van der Waals surface area contributed by atoms with Gasteiger partial charge in [0.2, 0.25) is 0 Å². The van der Waals surface area contributed by atoms with Gasteiger partial charge in [-0.1, -0.05) is 11.1 Å². The number of allylic oxidation sites excluding steroid dienone is 2. The molecule has 2 fully saturated rings. The largest absolute Gasteiger partial charge is 0.387 e. The van der Waals surface area contributed by atoms with Crippen LogP contribution in [-0.2, 0) is 9.59 Å². The van der Waals surface area contributed by atoms with Gasteiger partial charge in [0.15, 0.2) is 11.6 Å². The molecule has 0 aromatic carbocycles. The highest BCUT2D eigenvalue weighted by Crippen LogP contribution is 2.56. The third-order valence-corrected chi connectivity index (χ3v) is 5.66. The van der Waals surface area contributed by atoms with Crippen LogP contribution in [0.4, 0.5) is 0 Å². The van der Waals surface area contributed by atoms with Crippen LogP contribution < -0.4 is 0 Å². The average molecular weight is 274 g/mol. The zero-order valence-electron chi connectivity index (χ0n) is 11.3. The third kappa shape index (κ3) is 1.55. The predicted molar refractivity (Wildman–Crippen MR) is 70.8 cm³/mol. The quantitative estimate of drug-likeness (QED) is 0.693. The molecule has 4 nitrogen and oxygen atoms in total. The molecule has 0 spiro atoms. The molecule has 0 bridgehead atoms. The van der Waals surface area contributed by atoms with Crippen LogP contribution in [0.25, 0.3) is 0 Å². The second-order valence-electron chi connectivity index (χ2n) is 7.00. The number of fused-ring (bicyclic) bond motifs is 3. The van der Waals surface area contributed by atoms with E-state index in [2.05, 4.69) is 0 Å². The topological polar surface area (TPSA) is 74.6 Å². The summed E-state index contributed by atoms with van der Waals surface area (Å²) in [7, 11) is 0. The fraction of sp³-hybridized carbons (Fsp3) is 0.625. The highest BCUT2D eigenvalue weighted by molar-refractivity contribution is 5.94. The van der Waals surface area contributed by atoms with Crippen molar-refractivity contribution in [3.8, 4) is 0 Å². The van der Waals surface area contributed by atoms with Crippen molar-refractivity contribution >= 4 is 11.6 Å². The lowest BCUT2D eigenvalue weighted by molar-refractivity contribution is -0.191. The number of aliphatic hydroxyl groups is 2. The van der Waals surface area contributed by atoms with Gasteiger partial charge in [-0.2, -0.15) is 0 Å². The third-order valence-electron chi connectivity index (χ3n) is 5.66. The molecule has 0 amide bonds. The van der Waals surface area contributed by atoms with E-state index in [9.17, 15) is 19.8 Å². The van der Waals surface area contributed by atoms with E-state index in [0.29, 0.717) is 38.5 Å². The molecular weight excluding hydrogens is 256 g/mol. The number of rotatable bonds is 0. The van der Waals surface area contributed by atoms with Crippen molar-refractivity contribution in [2.24, 2.45) is 11.8 Å². The Hall–Kier alpha value is -1.26. The minimum Gasteiger partial charge on any atom is -0.387 e. The van der Waals surface area contributed by atoms with Gasteiger partial charge in [-0.05, 0) is 36.8 Å².